The molecule has 0 aromatic carbocycles. The van der Waals surface area contributed by atoms with Crippen LogP contribution < -0.4 is 10.5 Å². The lowest BCUT2D eigenvalue weighted by molar-refractivity contribution is -0.123. The first kappa shape index (κ1) is 22.5. The summed E-state index contributed by atoms with van der Waals surface area (Å²) in [7, 11) is -3.17. The van der Waals surface area contributed by atoms with E-state index < -0.39 is 15.9 Å². The minimum absolute atomic E-state index is 0.0566. The number of nitrogens with zero attached hydrogens (tertiary/aromatic N) is 4. The Morgan fingerprint density at radius 3 is 2.79 bits per heavy atom. The molecule has 33 heavy (non-hydrogen) atoms. The average Bonchev–Trinajstić information content (AvgIpc) is 3.27. The first-order chi connectivity index (χ1) is 15.7. The van der Waals surface area contributed by atoms with E-state index in [0.29, 0.717) is 38.6 Å². The van der Waals surface area contributed by atoms with Crippen molar-refractivity contribution in [3.63, 3.8) is 0 Å². The van der Waals surface area contributed by atoms with Gasteiger partial charge in [0.05, 0.1) is 28.0 Å². The van der Waals surface area contributed by atoms with Gasteiger partial charge in [-0.15, -0.1) is 0 Å². The number of thiocarbonyl (C=S) groups is 1. The summed E-state index contributed by atoms with van der Waals surface area (Å²) in [5.74, 6) is 0.685. The predicted octanol–water partition coefficient (Wildman–Crippen LogP) is 2.32. The molecule has 3 aliphatic rings. The van der Waals surface area contributed by atoms with Crippen LogP contribution in [0.1, 0.15) is 31.7 Å². The summed E-state index contributed by atoms with van der Waals surface area (Å²) in [4.78, 5) is 35.4. The van der Waals surface area contributed by atoms with Crippen LogP contribution in [0, 0.1) is 5.92 Å². The number of hydrogen-bond acceptors (Lipinski definition) is 8. The molecule has 11 heteroatoms. The van der Waals surface area contributed by atoms with Gasteiger partial charge >= 0.3 is 0 Å². The molecule has 3 saturated heterocycles. The Morgan fingerprint density at radius 1 is 1.24 bits per heavy atom. The number of carbonyl (C=O) groups is 1. The molecule has 0 spiro atoms. The zero-order valence-electron chi connectivity index (χ0n) is 18.1. The molecular formula is C22H24N4O4S3. The summed E-state index contributed by atoms with van der Waals surface area (Å²) in [5.41, 5.74) is 0.659. The van der Waals surface area contributed by atoms with Crippen LogP contribution in [-0.4, -0.2) is 63.6 Å². The maximum absolute atomic E-state index is 13.5. The molecule has 1 amide bonds. The van der Waals surface area contributed by atoms with Gasteiger partial charge < -0.3 is 4.90 Å². The Bertz CT molecular complexity index is 1350. The van der Waals surface area contributed by atoms with E-state index in [1.54, 1.807) is 24.4 Å². The molecule has 0 saturated carbocycles. The third kappa shape index (κ3) is 4.22. The van der Waals surface area contributed by atoms with Gasteiger partial charge in [0.15, 0.2) is 9.84 Å². The van der Waals surface area contributed by atoms with Gasteiger partial charge in [-0.1, -0.05) is 37.0 Å². The Labute approximate surface area is 201 Å². The SMILES string of the molecule is CC1CCCN(c2nc3ccccn3c(=O)c2C=C2SC(=S)N(C3CCS(=O)(=O)C3)C2=O)C1. The fourth-order valence-corrected chi connectivity index (χ4v) is 7.83. The molecule has 5 heterocycles. The van der Waals surface area contributed by atoms with Crippen molar-refractivity contribution in [2.45, 2.75) is 32.2 Å². The molecule has 3 fully saturated rings. The van der Waals surface area contributed by atoms with Crippen LogP contribution in [0.15, 0.2) is 34.1 Å². The van der Waals surface area contributed by atoms with E-state index in [4.69, 9.17) is 17.2 Å². The van der Waals surface area contributed by atoms with Crippen LogP contribution in [0.3, 0.4) is 0 Å². The summed E-state index contributed by atoms with van der Waals surface area (Å²) in [5, 5.41) is 0. The molecular weight excluding hydrogens is 480 g/mol. The highest BCUT2D eigenvalue weighted by atomic mass is 32.2. The van der Waals surface area contributed by atoms with Crippen LogP contribution in [0.4, 0.5) is 5.82 Å². The number of anilines is 1. The molecule has 3 aliphatic heterocycles. The Balaban J connectivity index is 1.58. The maximum Gasteiger partial charge on any atom is 0.267 e. The Morgan fingerprint density at radius 2 is 2.06 bits per heavy atom. The largest absolute Gasteiger partial charge is 0.356 e. The number of piperidine rings is 1. The molecule has 2 aromatic heterocycles. The highest BCUT2D eigenvalue weighted by Gasteiger charge is 2.42. The minimum atomic E-state index is -3.17. The van der Waals surface area contributed by atoms with Crippen molar-refractivity contribution in [3.05, 3.63) is 45.2 Å². The molecule has 0 aliphatic carbocycles. The van der Waals surface area contributed by atoms with E-state index in [1.807, 2.05) is 6.07 Å². The number of thioether (sulfide) groups is 1. The molecule has 2 atom stereocenters. The van der Waals surface area contributed by atoms with Crippen LogP contribution >= 0.6 is 24.0 Å². The standard InChI is InChI=1S/C22H24N4O4S3/c1-14-5-4-8-24(12-14)19-16(20(27)25-9-3-2-6-18(25)23-19)11-17-21(28)26(22(31)32-17)15-7-10-33(29,30)13-15/h2-3,6,9,11,14-15H,4-5,7-8,10,12-13H2,1H3. The normalized spacial score (nSPS) is 26.6. The van der Waals surface area contributed by atoms with Gasteiger partial charge in [-0.2, -0.15) is 0 Å². The molecule has 0 bridgehead atoms. The topological polar surface area (TPSA) is 92.1 Å². The van der Waals surface area contributed by atoms with Gasteiger partial charge in [0.25, 0.3) is 11.5 Å². The number of aromatic nitrogens is 2. The van der Waals surface area contributed by atoms with Crippen molar-refractivity contribution in [2.24, 2.45) is 5.92 Å². The molecule has 0 N–H and O–H groups in total. The predicted molar refractivity (Wildman–Crippen MR) is 134 cm³/mol. The third-order valence-corrected chi connectivity index (χ3v) is 9.46. The number of fused-ring (bicyclic) bond motifs is 1. The van der Waals surface area contributed by atoms with Crippen molar-refractivity contribution >= 4 is 61.6 Å². The molecule has 174 valence electrons. The second-order valence-electron chi connectivity index (χ2n) is 8.89. The third-order valence-electron chi connectivity index (χ3n) is 6.38. The average molecular weight is 505 g/mol. The number of amides is 1. The zero-order chi connectivity index (χ0) is 23.3. The fourth-order valence-electron chi connectivity index (χ4n) is 4.74. The summed E-state index contributed by atoms with van der Waals surface area (Å²) in [6.45, 7) is 3.76. The van der Waals surface area contributed by atoms with Crippen LogP contribution in [-0.2, 0) is 14.6 Å². The van der Waals surface area contributed by atoms with Crippen LogP contribution in [0.5, 0.6) is 0 Å². The first-order valence-electron chi connectivity index (χ1n) is 11.0. The molecule has 2 unspecified atom stereocenters. The van der Waals surface area contributed by atoms with Gasteiger partial charge in [0.1, 0.15) is 15.8 Å². The van der Waals surface area contributed by atoms with Crippen molar-refractivity contribution < 1.29 is 13.2 Å². The van der Waals surface area contributed by atoms with Gasteiger partial charge in [-0.05, 0) is 43.4 Å². The van der Waals surface area contributed by atoms with Crippen molar-refractivity contribution in [2.75, 3.05) is 29.5 Å². The fraction of sp³-hybridized carbons (Fsp3) is 0.455. The van der Waals surface area contributed by atoms with Gasteiger partial charge in [0.2, 0.25) is 0 Å². The quantitative estimate of drug-likeness (QED) is 0.465. The molecule has 0 radical (unpaired) electrons. The van der Waals surface area contributed by atoms with E-state index in [0.717, 1.165) is 37.7 Å². The Hall–Kier alpha value is -2.24. The number of hydrogen-bond donors (Lipinski definition) is 0. The van der Waals surface area contributed by atoms with E-state index in [1.165, 1.54) is 9.30 Å². The highest BCUT2D eigenvalue weighted by Crippen LogP contribution is 2.37. The lowest BCUT2D eigenvalue weighted by Crippen LogP contribution is -2.39. The minimum Gasteiger partial charge on any atom is -0.356 e. The summed E-state index contributed by atoms with van der Waals surface area (Å²) < 4.78 is 25.7. The lowest BCUT2D eigenvalue weighted by Gasteiger charge is -2.32. The van der Waals surface area contributed by atoms with Crippen LogP contribution in [0.2, 0.25) is 0 Å². The molecule has 8 nitrogen and oxygen atoms in total. The number of rotatable bonds is 3. The number of sulfone groups is 1. The summed E-state index contributed by atoms with van der Waals surface area (Å²) in [6.07, 6.45) is 5.76. The maximum atomic E-state index is 13.5. The van der Waals surface area contributed by atoms with E-state index >= 15 is 0 Å². The van der Waals surface area contributed by atoms with Gasteiger partial charge in [-0.3, -0.25) is 18.9 Å². The van der Waals surface area contributed by atoms with E-state index in [9.17, 15) is 18.0 Å². The van der Waals surface area contributed by atoms with Gasteiger partial charge in [0, 0.05) is 19.3 Å². The van der Waals surface area contributed by atoms with E-state index in [2.05, 4.69) is 11.8 Å². The monoisotopic (exact) mass is 504 g/mol. The van der Waals surface area contributed by atoms with Gasteiger partial charge in [-0.25, -0.2) is 13.4 Å². The molecule has 5 rings (SSSR count). The Kier molecular flexibility index (Phi) is 5.82. The zero-order valence-corrected chi connectivity index (χ0v) is 20.6. The number of pyridine rings is 1. The first-order valence-corrected chi connectivity index (χ1v) is 14.0. The second kappa shape index (κ2) is 8.52. The summed E-state index contributed by atoms with van der Waals surface area (Å²) >= 11 is 6.54. The van der Waals surface area contributed by atoms with Crippen molar-refractivity contribution in [3.8, 4) is 0 Å². The highest BCUT2D eigenvalue weighted by molar-refractivity contribution is 8.26. The smallest absolute Gasteiger partial charge is 0.267 e. The van der Waals surface area contributed by atoms with Crippen molar-refractivity contribution in [1.29, 1.82) is 0 Å². The van der Waals surface area contributed by atoms with E-state index in [-0.39, 0.29) is 23.0 Å². The lowest BCUT2D eigenvalue weighted by atomic mass is 10.00. The number of carbonyl (C=O) groups excluding carboxylic acids is 1. The summed E-state index contributed by atoms with van der Waals surface area (Å²) in [6, 6.07) is 4.95. The van der Waals surface area contributed by atoms with Crippen LogP contribution in [0.25, 0.3) is 11.7 Å². The second-order valence-corrected chi connectivity index (χ2v) is 12.8. The van der Waals surface area contributed by atoms with Crippen molar-refractivity contribution in [1.82, 2.24) is 14.3 Å². The molecule has 2 aromatic rings.